The maximum Gasteiger partial charge on any atom is 0.0741 e. The third-order valence-corrected chi connectivity index (χ3v) is 8.83. The second-order valence-corrected chi connectivity index (χ2v) is 10.7. The van der Waals surface area contributed by atoms with Crippen LogP contribution in [0, 0.1) is 0 Å². The van der Waals surface area contributed by atoms with Crippen molar-refractivity contribution in [2.75, 3.05) is 0 Å². The van der Waals surface area contributed by atoms with E-state index in [0.717, 1.165) is 0 Å². The Kier molecular flexibility index (Phi) is 5.27. The monoisotopic (exact) mass is 490 g/mol. The summed E-state index contributed by atoms with van der Waals surface area (Å²) in [5.41, 5.74) is 11.6. The van der Waals surface area contributed by atoms with Crippen LogP contribution in [-0.4, -0.2) is 0 Å². The molecule has 0 N–H and O–H groups in total. The molecule has 37 heavy (non-hydrogen) atoms. The van der Waals surface area contributed by atoms with Crippen LogP contribution in [0.2, 0.25) is 0 Å². The van der Waals surface area contributed by atoms with Gasteiger partial charge in [0.1, 0.15) is 0 Å². The number of rotatable bonds is 3. The van der Waals surface area contributed by atoms with Gasteiger partial charge in [0.25, 0.3) is 0 Å². The SMILES string of the molecule is C/C=C\C=C/c1ccc(-c2cccc3c2C2(c4ccccc4Sc4ccccc42)c2ccccc2-3)cc1. The molecule has 5 aromatic rings. The standard InChI is InChI=1S/C36H26S/c1-2-3-4-12-25-21-23-26(24-22-25)27-14-11-15-29-28-13-5-6-16-30(28)36(35(27)29)31-17-7-9-19-33(31)37-34-20-10-8-18-32(34)36/h2-24H,1H3/b3-2-,12-4-. The lowest BCUT2D eigenvalue weighted by molar-refractivity contribution is 0.724. The second kappa shape index (κ2) is 8.80. The number of fused-ring (bicyclic) bond motifs is 9. The van der Waals surface area contributed by atoms with Crippen LogP contribution in [0.3, 0.4) is 0 Å². The van der Waals surface area contributed by atoms with Crippen LogP contribution in [0.25, 0.3) is 28.3 Å². The van der Waals surface area contributed by atoms with Gasteiger partial charge < -0.3 is 0 Å². The first-order valence-electron chi connectivity index (χ1n) is 12.8. The van der Waals surface area contributed by atoms with Crippen LogP contribution in [0.1, 0.15) is 34.7 Å². The molecule has 7 rings (SSSR count). The molecule has 0 atom stereocenters. The number of hydrogen-bond donors (Lipinski definition) is 0. The molecule has 0 radical (unpaired) electrons. The molecule has 0 fully saturated rings. The lowest BCUT2D eigenvalue weighted by Crippen LogP contribution is -2.32. The van der Waals surface area contributed by atoms with E-state index in [4.69, 9.17) is 0 Å². The van der Waals surface area contributed by atoms with E-state index in [2.05, 4.69) is 133 Å². The maximum absolute atomic E-state index is 2.35. The average molecular weight is 491 g/mol. The molecule has 0 amide bonds. The first kappa shape index (κ1) is 22.2. The van der Waals surface area contributed by atoms with Gasteiger partial charge in [-0.15, -0.1) is 0 Å². The number of hydrogen-bond acceptors (Lipinski definition) is 1. The Morgan fingerprint density at radius 3 is 1.84 bits per heavy atom. The van der Waals surface area contributed by atoms with E-state index < -0.39 is 0 Å². The first-order valence-corrected chi connectivity index (χ1v) is 13.6. The number of benzene rings is 5. The molecule has 2 aliphatic rings. The molecule has 0 bridgehead atoms. The molecule has 1 aliphatic heterocycles. The van der Waals surface area contributed by atoms with Gasteiger partial charge in [-0.2, -0.15) is 0 Å². The van der Waals surface area contributed by atoms with Crippen molar-refractivity contribution in [3.05, 3.63) is 161 Å². The Labute approximate surface area is 223 Å². The molecule has 0 saturated heterocycles. The molecular formula is C36H26S. The van der Waals surface area contributed by atoms with Gasteiger partial charge in [-0.1, -0.05) is 139 Å². The zero-order valence-corrected chi connectivity index (χ0v) is 21.5. The highest BCUT2D eigenvalue weighted by Crippen LogP contribution is 2.63. The molecule has 0 saturated carbocycles. The van der Waals surface area contributed by atoms with E-state index in [1.165, 1.54) is 59.9 Å². The summed E-state index contributed by atoms with van der Waals surface area (Å²) >= 11 is 1.89. The Balaban J connectivity index is 1.56. The summed E-state index contributed by atoms with van der Waals surface area (Å²) in [6, 6.07) is 42.9. The van der Waals surface area contributed by atoms with Crippen LogP contribution in [-0.2, 0) is 5.41 Å². The van der Waals surface area contributed by atoms with Crippen LogP contribution >= 0.6 is 11.8 Å². The fourth-order valence-electron chi connectivity index (χ4n) is 6.21. The smallest absolute Gasteiger partial charge is 0.0741 e. The van der Waals surface area contributed by atoms with Gasteiger partial charge in [-0.05, 0) is 69.1 Å². The first-order chi connectivity index (χ1) is 18.3. The highest BCUT2D eigenvalue weighted by molar-refractivity contribution is 7.99. The van der Waals surface area contributed by atoms with Crippen molar-refractivity contribution in [3.63, 3.8) is 0 Å². The van der Waals surface area contributed by atoms with Crippen molar-refractivity contribution in [2.45, 2.75) is 22.1 Å². The Bertz CT molecular complexity index is 1660. The van der Waals surface area contributed by atoms with Crippen LogP contribution in [0.15, 0.2) is 143 Å². The highest BCUT2D eigenvalue weighted by Gasteiger charge is 2.51. The molecule has 1 heterocycles. The fourth-order valence-corrected chi connectivity index (χ4v) is 7.40. The van der Waals surface area contributed by atoms with Crippen molar-refractivity contribution in [2.24, 2.45) is 0 Å². The van der Waals surface area contributed by atoms with Crippen LogP contribution in [0.4, 0.5) is 0 Å². The molecule has 176 valence electrons. The topological polar surface area (TPSA) is 0 Å². The summed E-state index contributed by atoms with van der Waals surface area (Å²) in [6.45, 7) is 2.04. The van der Waals surface area contributed by atoms with E-state index in [-0.39, 0.29) is 5.41 Å². The highest BCUT2D eigenvalue weighted by atomic mass is 32.2. The van der Waals surface area contributed by atoms with Gasteiger partial charge in [-0.25, -0.2) is 0 Å². The van der Waals surface area contributed by atoms with Gasteiger partial charge in [0.2, 0.25) is 0 Å². The predicted molar refractivity (Wildman–Crippen MR) is 157 cm³/mol. The molecule has 1 heteroatoms. The van der Waals surface area contributed by atoms with E-state index in [9.17, 15) is 0 Å². The average Bonchev–Trinajstić information content (AvgIpc) is 3.25. The van der Waals surface area contributed by atoms with Crippen molar-refractivity contribution >= 4 is 17.8 Å². The van der Waals surface area contributed by atoms with Gasteiger partial charge in [-0.3, -0.25) is 0 Å². The molecule has 0 unspecified atom stereocenters. The number of allylic oxidation sites excluding steroid dienone is 3. The quantitative estimate of drug-likeness (QED) is 0.222. The molecule has 5 aromatic carbocycles. The third kappa shape index (κ3) is 3.24. The summed E-state index contributed by atoms with van der Waals surface area (Å²) in [6.07, 6.45) is 8.36. The van der Waals surface area contributed by atoms with Crippen molar-refractivity contribution < 1.29 is 0 Å². The molecule has 0 aromatic heterocycles. The van der Waals surface area contributed by atoms with E-state index >= 15 is 0 Å². The lowest BCUT2D eigenvalue weighted by atomic mass is 9.66. The van der Waals surface area contributed by atoms with E-state index in [0.29, 0.717) is 0 Å². The summed E-state index contributed by atoms with van der Waals surface area (Å²) in [5, 5.41) is 0. The van der Waals surface area contributed by atoms with E-state index in [1.807, 2.05) is 24.8 Å². The largest absolute Gasteiger partial charge is 0.0894 e. The summed E-state index contributed by atoms with van der Waals surface area (Å²) in [4.78, 5) is 2.67. The summed E-state index contributed by atoms with van der Waals surface area (Å²) < 4.78 is 0. The fraction of sp³-hybridized carbons (Fsp3) is 0.0556. The molecule has 1 spiro atoms. The minimum Gasteiger partial charge on any atom is -0.0894 e. The minimum absolute atomic E-state index is 0.356. The van der Waals surface area contributed by atoms with E-state index in [1.54, 1.807) is 0 Å². The predicted octanol–water partition coefficient (Wildman–Crippen LogP) is 9.77. The summed E-state index contributed by atoms with van der Waals surface area (Å²) in [7, 11) is 0. The Morgan fingerprint density at radius 2 is 1.14 bits per heavy atom. The van der Waals surface area contributed by atoms with Crippen LogP contribution in [0.5, 0.6) is 0 Å². The Morgan fingerprint density at radius 1 is 0.541 bits per heavy atom. The molecule has 1 aliphatic carbocycles. The minimum atomic E-state index is -0.356. The van der Waals surface area contributed by atoms with Crippen LogP contribution < -0.4 is 0 Å². The van der Waals surface area contributed by atoms with Crippen molar-refractivity contribution in [3.8, 4) is 22.3 Å². The van der Waals surface area contributed by atoms with Crippen molar-refractivity contribution in [1.29, 1.82) is 0 Å². The molecular weight excluding hydrogens is 464 g/mol. The Hall–Kier alpha value is -4.07. The normalized spacial score (nSPS) is 14.5. The van der Waals surface area contributed by atoms with Gasteiger partial charge in [0, 0.05) is 9.79 Å². The maximum atomic E-state index is 2.35. The summed E-state index contributed by atoms with van der Waals surface area (Å²) in [5.74, 6) is 0. The third-order valence-electron chi connectivity index (χ3n) is 7.68. The van der Waals surface area contributed by atoms with Gasteiger partial charge in [0.05, 0.1) is 5.41 Å². The second-order valence-electron chi connectivity index (χ2n) is 9.63. The van der Waals surface area contributed by atoms with Gasteiger partial charge >= 0.3 is 0 Å². The van der Waals surface area contributed by atoms with Gasteiger partial charge in [0.15, 0.2) is 0 Å². The molecule has 0 nitrogen and oxygen atoms in total. The van der Waals surface area contributed by atoms with Crippen molar-refractivity contribution in [1.82, 2.24) is 0 Å². The zero-order chi connectivity index (χ0) is 24.8. The lowest BCUT2D eigenvalue weighted by Gasteiger charge is -2.40. The zero-order valence-electron chi connectivity index (χ0n) is 20.7.